The molecule has 3 heteroatoms. The van der Waals surface area contributed by atoms with Gasteiger partial charge in [0, 0.05) is 5.92 Å². The Morgan fingerprint density at radius 2 is 2.06 bits per heavy atom. The average molecular weight is 241 g/mol. The first kappa shape index (κ1) is 11.5. The number of hydrogen-bond donors (Lipinski definition) is 0. The van der Waals surface area contributed by atoms with E-state index in [1.54, 1.807) is 0 Å². The van der Waals surface area contributed by atoms with Crippen molar-refractivity contribution in [1.29, 1.82) is 0 Å². The SMILES string of the molecule is Cc1ccc(Cn2cnc(C3CCC3)n2)cc1C. The smallest absolute Gasteiger partial charge is 0.153 e. The Labute approximate surface area is 108 Å². The van der Waals surface area contributed by atoms with Crippen LogP contribution in [0.2, 0.25) is 0 Å². The molecule has 1 fully saturated rings. The minimum atomic E-state index is 0.617. The average Bonchev–Trinajstić information content (AvgIpc) is 2.69. The minimum absolute atomic E-state index is 0.617. The number of aromatic nitrogens is 3. The van der Waals surface area contributed by atoms with Gasteiger partial charge < -0.3 is 0 Å². The molecule has 1 aliphatic carbocycles. The summed E-state index contributed by atoms with van der Waals surface area (Å²) in [5, 5.41) is 4.59. The van der Waals surface area contributed by atoms with Crippen LogP contribution in [0.4, 0.5) is 0 Å². The summed E-state index contributed by atoms with van der Waals surface area (Å²) in [4.78, 5) is 4.43. The number of aryl methyl sites for hydroxylation is 2. The van der Waals surface area contributed by atoms with Crippen LogP contribution in [0.1, 0.15) is 47.7 Å². The van der Waals surface area contributed by atoms with Crippen LogP contribution >= 0.6 is 0 Å². The van der Waals surface area contributed by atoms with Gasteiger partial charge in [-0.05, 0) is 43.4 Å². The van der Waals surface area contributed by atoms with E-state index < -0.39 is 0 Å². The number of rotatable bonds is 3. The molecule has 0 saturated heterocycles. The Morgan fingerprint density at radius 1 is 1.22 bits per heavy atom. The van der Waals surface area contributed by atoms with Gasteiger partial charge in [-0.1, -0.05) is 24.6 Å². The van der Waals surface area contributed by atoms with E-state index in [4.69, 9.17) is 0 Å². The predicted molar refractivity (Wildman–Crippen MR) is 71.6 cm³/mol. The maximum atomic E-state index is 4.59. The molecule has 1 saturated carbocycles. The first-order chi connectivity index (χ1) is 8.72. The molecule has 0 radical (unpaired) electrons. The molecule has 1 aliphatic rings. The molecule has 0 spiro atoms. The van der Waals surface area contributed by atoms with Crippen molar-refractivity contribution in [3.8, 4) is 0 Å². The monoisotopic (exact) mass is 241 g/mol. The Morgan fingerprint density at radius 3 is 2.72 bits per heavy atom. The summed E-state index contributed by atoms with van der Waals surface area (Å²) in [6.45, 7) is 5.12. The second kappa shape index (κ2) is 4.56. The minimum Gasteiger partial charge on any atom is -0.248 e. The van der Waals surface area contributed by atoms with Gasteiger partial charge in [0.25, 0.3) is 0 Å². The lowest BCUT2D eigenvalue weighted by molar-refractivity contribution is 0.399. The molecule has 1 aromatic heterocycles. The van der Waals surface area contributed by atoms with Crippen molar-refractivity contribution in [3.63, 3.8) is 0 Å². The van der Waals surface area contributed by atoms with Gasteiger partial charge in [0.15, 0.2) is 5.82 Å². The van der Waals surface area contributed by atoms with Crippen LogP contribution in [-0.4, -0.2) is 14.8 Å². The fraction of sp³-hybridized carbons (Fsp3) is 0.467. The highest BCUT2D eigenvalue weighted by Gasteiger charge is 2.23. The largest absolute Gasteiger partial charge is 0.248 e. The lowest BCUT2D eigenvalue weighted by atomic mass is 9.85. The van der Waals surface area contributed by atoms with E-state index in [1.165, 1.54) is 36.0 Å². The van der Waals surface area contributed by atoms with Gasteiger partial charge >= 0.3 is 0 Å². The fourth-order valence-corrected chi connectivity index (χ4v) is 2.33. The molecule has 2 aromatic rings. The van der Waals surface area contributed by atoms with Crippen LogP contribution < -0.4 is 0 Å². The molecule has 0 unspecified atom stereocenters. The first-order valence-corrected chi connectivity index (χ1v) is 6.68. The lowest BCUT2D eigenvalue weighted by Gasteiger charge is -2.21. The fourth-order valence-electron chi connectivity index (χ4n) is 2.33. The number of nitrogens with zero attached hydrogens (tertiary/aromatic N) is 3. The van der Waals surface area contributed by atoms with Gasteiger partial charge in [-0.3, -0.25) is 0 Å². The molecular formula is C15H19N3. The highest BCUT2D eigenvalue weighted by molar-refractivity contribution is 5.29. The molecule has 1 heterocycles. The molecule has 0 bridgehead atoms. The van der Waals surface area contributed by atoms with E-state index in [2.05, 4.69) is 42.1 Å². The highest BCUT2D eigenvalue weighted by atomic mass is 15.3. The third kappa shape index (κ3) is 2.17. The van der Waals surface area contributed by atoms with Crippen LogP contribution in [0.15, 0.2) is 24.5 Å². The Balaban J connectivity index is 1.75. The molecule has 0 atom stereocenters. The molecule has 3 nitrogen and oxygen atoms in total. The van der Waals surface area contributed by atoms with Crippen molar-refractivity contribution in [2.24, 2.45) is 0 Å². The van der Waals surface area contributed by atoms with Gasteiger partial charge in [0.05, 0.1) is 6.54 Å². The van der Waals surface area contributed by atoms with E-state index in [-0.39, 0.29) is 0 Å². The van der Waals surface area contributed by atoms with E-state index in [9.17, 15) is 0 Å². The summed E-state index contributed by atoms with van der Waals surface area (Å²) >= 11 is 0. The summed E-state index contributed by atoms with van der Waals surface area (Å²) in [7, 11) is 0. The van der Waals surface area contributed by atoms with Crippen molar-refractivity contribution in [1.82, 2.24) is 14.8 Å². The van der Waals surface area contributed by atoms with Crippen LogP contribution in [0.3, 0.4) is 0 Å². The van der Waals surface area contributed by atoms with E-state index >= 15 is 0 Å². The van der Waals surface area contributed by atoms with E-state index in [1.807, 2.05) is 11.0 Å². The van der Waals surface area contributed by atoms with Crippen LogP contribution in [0, 0.1) is 13.8 Å². The Kier molecular flexibility index (Phi) is 2.90. The molecule has 18 heavy (non-hydrogen) atoms. The van der Waals surface area contributed by atoms with Crippen molar-refractivity contribution in [2.45, 2.75) is 45.6 Å². The third-order valence-corrected chi connectivity index (χ3v) is 3.94. The summed E-state index contributed by atoms with van der Waals surface area (Å²) in [6.07, 6.45) is 5.71. The first-order valence-electron chi connectivity index (χ1n) is 6.68. The lowest BCUT2D eigenvalue weighted by Crippen LogP contribution is -2.11. The summed E-state index contributed by atoms with van der Waals surface area (Å²) in [5.41, 5.74) is 3.97. The molecule has 3 rings (SSSR count). The zero-order valence-electron chi connectivity index (χ0n) is 11.1. The van der Waals surface area contributed by atoms with Gasteiger partial charge in [0.1, 0.15) is 6.33 Å². The topological polar surface area (TPSA) is 30.7 Å². The highest BCUT2D eigenvalue weighted by Crippen LogP contribution is 2.33. The zero-order valence-corrected chi connectivity index (χ0v) is 11.1. The van der Waals surface area contributed by atoms with Crippen molar-refractivity contribution >= 4 is 0 Å². The van der Waals surface area contributed by atoms with Crippen LogP contribution in [0.5, 0.6) is 0 Å². The third-order valence-electron chi connectivity index (χ3n) is 3.94. The molecule has 0 amide bonds. The predicted octanol–water partition coefficient (Wildman–Crippen LogP) is 3.21. The summed E-state index contributed by atoms with van der Waals surface area (Å²) < 4.78 is 1.96. The maximum Gasteiger partial charge on any atom is 0.153 e. The van der Waals surface area contributed by atoms with Crippen molar-refractivity contribution < 1.29 is 0 Å². The Bertz CT molecular complexity index is 553. The maximum absolute atomic E-state index is 4.59. The van der Waals surface area contributed by atoms with Crippen molar-refractivity contribution in [3.05, 3.63) is 47.0 Å². The van der Waals surface area contributed by atoms with Crippen LogP contribution in [0.25, 0.3) is 0 Å². The van der Waals surface area contributed by atoms with E-state index in [0.29, 0.717) is 5.92 Å². The second-order valence-corrected chi connectivity index (χ2v) is 5.35. The summed E-state index contributed by atoms with van der Waals surface area (Å²) in [6, 6.07) is 6.58. The number of benzene rings is 1. The van der Waals surface area contributed by atoms with Gasteiger partial charge in [0.2, 0.25) is 0 Å². The molecule has 1 aromatic carbocycles. The molecule has 0 N–H and O–H groups in total. The van der Waals surface area contributed by atoms with Gasteiger partial charge in [-0.25, -0.2) is 9.67 Å². The molecule has 0 aliphatic heterocycles. The van der Waals surface area contributed by atoms with Crippen LogP contribution in [-0.2, 0) is 6.54 Å². The van der Waals surface area contributed by atoms with Crippen molar-refractivity contribution in [2.75, 3.05) is 0 Å². The second-order valence-electron chi connectivity index (χ2n) is 5.35. The molecule has 94 valence electrons. The number of hydrogen-bond acceptors (Lipinski definition) is 2. The standard InChI is InChI=1S/C15H19N3/c1-11-6-7-13(8-12(11)2)9-18-10-16-15(17-18)14-4-3-5-14/h6-8,10,14H,3-5,9H2,1-2H3. The summed E-state index contributed by atoms with van der Waals surface area (Å²) in [5.74, 6) is 1.65. The Hall–Kier alpha value is -1.64. The zero-order chi connectivity index (χ0) is 12.5. The van der Waals surface area contributed by atoms with E-state index in [0.717, 1.165) is 12.4 Å². The quantitative estimate of drug-likeness (QED) is 0.826. The molecular weight excluding hydrogens is 222 g/mol. The normalized spacial score (nSPS) is 15.7. The van der Waals surface area contributed by atoms with Gasteiger partial charge in [-0.15, -0.1) is 0 Å². The van der Waals surface area contributed by atoms with Gasteiger partial charge in [-0.2, -0.15) is 5.10 Å².